The highest BCUT2D eigenvalue weighted by Crippen LogP contribution is 2.21. The Kier molecular flexibility index (Phi) is 5.00. The molecule has 4 nitrogen and oxygen atoms in total. The van der Waals surface area contributed by atoms with Crippen molar-refractivity contribution in [3.63, 3.8) is 0 Å². The first kappa shape index (κ1) is 14.1. The quantitative estimate of drug-likeness (QED) is 0.816. The molecule has 0 atom stereocenters. The topological polar surface area (TPSA) is 32.3 Å². The average molecular weight is 262 g/mol. The Bertz CT molecular complexity index is 399. The number of nitrogens with zero attached hydrogens (tertiary/aromatic N) is 4. The predicted octanol–water partition coefficient (Wildman–Crippen LogP) is 3.01. The number of hydrogen-bond donors (Lipinski definition) is 0. The summed E-state index contributed by atoms with van der Waals surface area (Å²) in [5.41, 5.74) is 0. The van der Waals surface area contributed by atoms with E-state index < -0.39 is 0 Å². The maximum Gasteiger partial charge on any atom is 0.134 e. The van der Waals surface area contributed by atoms with Gasteiger partial charge >= 0.3 is 0 Å². The van der Waals surface area contributed by atoms with Crippen molar-refractivity contribution in [1.29, 1.82) is 0 Å². The second-order valence-electron chi connectivity index (χ2n) is 5.45. The maximum absolute atomic E-state index is 4.61. The molecule has 0 saturated carbocycles. The minimum atomic E-state index is 0.876. The first-order chi connectivity index (χ1) is 9.20. The summed E-state index contributed by atoms with van der Waals surface area (Å²) in [6.07, 6.45) is 6.34. The van der Waals surface area contributed by atoms with Crippen LogP contribution in [0.4, 0.5) is 11.6 Å². The lowest BCUT2D eigenvalue weighted by Gasteiger charge is -2.29. The van der Waals surface area contributed by atoms with Crippen molar-refractivity contribution in [1.82, 2.24) is 9.97 Å². The molecule has 0 bridgehead atoms. The van der Waals surface area contributed by atoms with Gasteiger partial charge in [0.25, 0.3) is 0 Å². The van der Waals surface area contributed by atoms with Crippen LogP contribution >= 0.6 is 0 Å². The second kappa shape index (κ2) is 6.73. The Hall–Kier alpha value is -1.32. The molecule has 0 aromatic carbocycles. The zero-order valence-electron chi connectivity index (χ0n) is 12.5. The number of anilines is 2. The second-order valence-corrected chi connectivity index (χ2v) is 5.45. The smallest absolute Gasteiger partial charge is 0.134 e. The van der Waals surface area contributed by atoms with Gasteiger partial charge in [0.15, 0.2) is 0 Å². The summed E-state index contributed by atoms with van der Waals surface area (Å²) in [6, 6.07) is 2.15. The molecular weight excluding hydrogens is 236 g/mol. The van der Waals surface area contributed by atoms with E-state index in [2.05, 4.69) is 39.8 Å². The molecule has 19 heavy (non-hydrogen) atoms. The van der Waals surface area contributed by atoms with Crippen LogP contribution in [0.15, 0.2) is 6.07 Å². The van der Waals surface area contributed by atoms with Gasteiger partial charge in [-0.3, -0.25) is 0 Å². The van der Waals surface area contributed by atoms with Gasteiger partial charge < -0.3 is 9.80 Å². The molecule has 4 heteroatoms. The van der Waals surface area contributed by atoms with E-state index in [1.807, 2.05) is 6.92 Å². The number of aryl methyl sites for hydroxylation is 1. The van der Waals surface area contributed by atoms with E-state index in [1.165, 1.54) is 32.1 Å². The van der Waals surface area contributed by atoms with Crippen molar-refractivity contribution in [2.45, 2.75) is 46.0 Å². The first-order valence-corrected chi connectivity index (χ1v) is 7.52. The molecule has 106 valence electrons. The van der Waals surface area contributed by atoms with Crippen LogP contribution in [0.1, 0.15) is 44.9 Å². The van der Waals surface area contributed by atoms with Gasteiger partial charge in [0.2, 0.25) is 0 Å². The van der Waals surface area contributed by atoms with Crippen LogP contribution in [-0.2, 0) is 0 Å². The van der Waals surface area contributed by atoms with Gasteiger partial charge in [-0.05, 0) is 32.6 Å². The Labute approximate surface area is 116 Å². The Morgan fingerprint density at radius 2 is 1.95 bits per heavy atom. The zero-order chi connectivity index (χ0) is 13.7. The SMILES string of the molecule is CCCCN(C)c1cc(N2CCCCC2)nc(C)n1. The van der Waals surface area contributed by atoms with Crippen molar-refractivity contribution in [2.75, 3.05) is 36.5 Å². The van der Waals surface area contributed by atoms with Gasteiger partial charge in [0.05, 0.1) is 0 Å². The number of aromatic nitrogens is 2. The molecule has 1 aromatic heterocycles. The molecule has 0 N–H and O–H groups in total. The maximum atomic E-state index is 4.61. The van der Waals surface area contributed by atoms with Gasteiger partial charge in [-0.25, -0.2) is 9.97 Å². The van der Waals surface area contributed by atoms with E-state index in [4.69, 9.17) is 0 Å². The highest BCUT2D eigenvalue weighted by molar-refractivity contribution is 5.50. The first-order valence-electron chi connectivity index (χ1n) is 7.52. The standard InChI is InChI=1S/C15H26N4/c1-4-5-9-18(3)14-12-15(17-13(2)16-14)19-10-7-6-8-11-19/h12H,4-11H2,1-3H3. The molecule has 0 radical (unpaired) electrons. The lowest BCUT2D eigenvalue weighted by atomic mass is 10.1. The van der Waals surface area contributed by atoms with Crippen molar-refractivity contribution in [3.8, 4) is 0 Å². The normalized spacial score (nSPS) is 15.6. The fourth-order valence-electron chi connectivity index (χ4n) is 2.53. The Morgan fingerprint density at radius 3 is 2.63 bits per heavy atom. The summed E-state index contributed by atoms with van der Waals surface area (Å²) in [7, 11) is 2.12. The third kappa shape index (κ3) is 3.82. The van der Waals surface area contributed by atoms with Gasteiger partial charge in [-0.2, -0.15) is 0 Å². The van der Waals surface area contributed by atoms with Crippen LogP contribution in [0.2, 0.25) is 0 Å². The van der Waals surface area contributed by atoms with Crippen LogP contribution in [0, 0.1) is 6.92 Å². The van der Waals surface area contributed by atoms with E-state index in [1.54, 1.807) is 0 Å². The lowest BCUT2D eigenvalue weighted by molar-refractivity contribution is 0.572. The molecular formula is C15H26N4. The van der Waals surface area contributed by atoms with E-state index in [-0.39, 0.29) is 0 Å². The highest BCUT2D eigenvalue weighted by Gasteiger charge is 2.14. The van der Waals surface area contributed by atoms with Crippen molar-refractivity contribution in [2.24, 2.45) is 0 Å². The summed E-state index contributed by atoms with van der Waals surface area (Å²) in [5, 5.41) is 0. The van der Waals surface area contributed by atoms with Gasteiger partial charge in [0.1, 0.15) is 17.5 Å². The molecule has 2 heterocycles. The van der Waals surface area contributed by atoms with Crippen molar-refractivity contribution >= 4 is 11.6 Å². The third-order valence-electron chi connectivity index (χ3n) is 3.73. The number of hydrogen-bond acceptors (Lipinski definition) is 4. The molecule has 1 saturated heterocycles. The van der Waals surface area contributed by atoms with E-state index in [0.29, 0.717) is 0 Å². The molecule has 1 aliphatic rings. The van der Waals surface area contributed by atoms with Crippen molar-refractivity contribution in [3.05, 3.63) is 11.9 Å². The van der Waals surface area contributed by atoms with Crippen LogP contribution in [0.3, 0.4) is 0 Å². The van der Waals surface area contributed by atoms with Crippen LogP contribution in [0.5, 0.6) is 0 Å². The minimum Gasteiger partial charge on any atom is -0.360 e. The largest absolute Gasteiger partial charge is 0.360 e. The zero-order valence-corrected chi connectivity index (χ0v) is 12.5. The fraction of sp³-hybridized carbons (Fsp3) is 0.733. The molecule has 0 amide bonds. The van der Waals surface area contributed by atoms with Gasteiger partial charge in [-0.15, -0.1) is 0 Å². The summed E-state index contributed by atoms with van der Waals surface area (Å²) in [6.45, 7) is 7.54. The molecule has 0 spiro atoms. The summed E-state index contributed by atoms with van der Waals surface area (Å²) >= 11 is 0. The third-order valence-corrected chi connectivity index (χ3v) is 3.73. The van der Waals surface area contributed by atoms with E-state index >= 15 is 0 Å². The Balaban J connectivity index is 2.13. The van der Waals surface area contributed by atoms with E-state index in [0.717, 1.165) is 37.1 Å². The average Bonchev–Trinajstić information content (AvgIpc) is 2.45. The minimum absolute atomic E-state index is 0.876. The number of piperidine rings is 1. The van der Waals surface area contributed by atoms with Gasteiger partial charge in [-0.1, -0.05) is 13.3 Å². The monoisotopic (exact) mass is 262 g/mol. The molecule has 0 aliphatic carbocycles. The molecule has 1 fully saturated rings. The lowest BCUT2D eigenvalue weighted by Crippen LogP contribution is -2.31. The van der Waals surface area contributed by atoms with Gasteiger partial charge in [0, 0.05) is 32.7 Å². The van der Waals surface area contributed by atoms with Crippen LogP contribution in [0.25, 0.3) is 0 Å². The summed E-state index contributed by atoms with van der Waals surface area (Å²) in [5.74, 6) is 3.04. The number of unbranched alkanes of at least 4 members (excludes halogenated alkanes) is 1. The fourth-order valence-corrected chi connectivity index (χ4v) is 2.53. The van der Waals surface area contributed by atoms with Crippen molar-refractivity contribution < 1.29 is 0 Å². The summed E-state index contributed by atoms with van der Waals surface area (Å²) < 4.78 is 0. The highest BCUT2D eigenvalue weighted by atomic mass is 15.2. The molecule has 1 aliphatic heterocycles. The number of rotatable bonds is 5. The molecule has 1 aromatic rings. The predicted molar refractivity (Wildman–Crippen MR) is 81.0 cm³/mol. The summed E-state index contributed by atoms with van der Waals surface area (Å²) in [4.78, 5) is 13.8. The molecule has 0 unspecified atom stereocenters. The Morgan fingerprint density at radius 1 is 1.21 bits per heavy atom. The van der Waals surface area contributed by atoms with Crippen LogP contribution < -0.4 is 9.80 Å². The molecule has 2 rings (SSSR count). The van der Waals surface area contributed by atoms with Crippen LogP contribution in [-0.4, -0.2) is 36.6 Å². The van der Waals surface area contributed by atoms with E-state index in [9.17, 15) is 0 Å².